The minimum absolute atomic E-state index is 0.504. The number of benzene rings is 1. The van der Waals surface area contributed by atoms with Crippen molar-refractivity contribution in [3.05, 3.63) is 24.5 Å². The first-order valence-corrected chi connectivity index (χ1v) is 5.08. The van der Waals surface area contributed by atoms with Gasteiger partial charge in [-0.2, -0.15) is 4.98 Å². The zero-order chi connectivity index (χ0) is 10.3. The SMILES string of the molecule is Nc1nc2ccc(-c3ncno3)cc2s1. The summed E-state index contributed by atoms with van der Waals surface area (Å²) >= 11 is 1.44. The van der Waals surface area contributed by atoms with E-state index in [1.165, 1.54) is 17.7 Å². The van der Waals surface area contributed by atoms with Crippen LogP contribution in [-0.2, 0) is 0 Å². The van der Waals surface area contributed by atoms with Crippen molar-refractivity contribution in [1.29, 1.82) is 0 Å². The summed E-state index contributed by atoms with van der Waals surface area (Å²) in [5, 5.41) is 4.12. The number of hydrogen-bond donors (Lipinski definition) is 1. The summed E-state index contributed by atoms with van der Waals surface area (Å²) in [5.74, 6) is 0.504. The number of rotatable bonds is 1. The number of thiazole rings is 1. The van der Waals surface area contributed by atoms with Gasteiger partial charge in [0, 0.05) is 5.56 Å². The first kappa shape index (κ1) is 8.37. The van der Waals surface area contributed by atoms with Gasteiger partial charge in [-0.05, 0) is 18.2 Å². The maximum absolute atomic E-state index is 5.62. The minimum Gasteiger partial charge on any atom is -0.375 e. The second-order valence-electron chi connectivity index (χ2n) is 2.98. The van der Waals surface area contributed by atoms with Crippen LogP contribution in [0.3, 0.4) is 0 Å². The molecule has 0 radical (unpaired) electrons. The van der Waals surface area contributed by atoms with Crippen LogP contribution in [0.2, 0.25) is 0 Å². The largest absolute Gasteiger partial charge is 0.375 e. The van der Waals surface area contributed by atoms with E-state index in [1.807, 2.05) is 18.2 Å². The molecular formula is C9H6N4OS. The molecule has 0 spiro atoms. The molecule has 2 N–H and O–H groups in total. The van der Waals surface area contributed by atoms with Gasteiger partial charge in [0.15, 0.2) is 11.5 Å². The first-order valence-electron chi connectivity index (χ1n) is 4.26. The lowest BCUT2D eigenvalue weighted by Crippen LogP contribution is -1.79. The molecule has 0 amide bonds. The van der Waals surface area contributed by atoms with Crippen molar-refractivity contribution in [2.24, 2.45) is 0 Å². The average Bonchev–Trinajstić information content (AvgIpc) is 2.82. The number of anilines is 1. The Kier molecular flexibility index (Phi) is 1.69. The summed E-state index contributed by atoms with van der Waals surface area (Å²) in [6.07, 6.45) is 1.38. The average molecular weight is 218 g/mol. The molecule has 6 heteroatoms. The zero-order valence-electron chi connectivity index (χ0n) is 7.54. The van der Waals surface area contributed by atoms with Crippen LogP contribution in [0.25, 0.3) is 21.7 Å². The van der Waals surface area contributed by atoms with E-state index in [0.29, 0.717) is 11.0 Å². The maximum atomic E-state index is 5.62. The minimum atomic E-state index is 0.504. The fourth-order valence-electron chi connectivity index (χ4n) is 1.38. The Hall–Kier alpha value is -1.95. The Morgan fingerprint density at radius 3 is 3.07 bits per heavy atom. The molecular weight excluding hydrogens is 212 g/mol. The van der Waals surface area contributed by atoms with Gasteiger partial charge < -0.3 is 10.3 Å². The van der Waals surface area contributed by atoms with Crippen molar-refractivity contribution >= 4 is 26.7 Å². The smallest absolute Gasteiger partial charge is 0.257 e. The Bertz CT molecular complexity index is 602. The van der Waals surface area contributed by atoms with E-state index in [9.17, 15) is 0 Å². The quantitative estimate of drug-likeness (QED) is 0.675. The van der Waals surface area contributed by atoms with E-state index in [4.69, 9.17) is 10.3 Å². The molecule has 0 aliphatic heterocycles. The van der Waals surface area contributed by atoms with E-state index < -0.39 is 0 Å². The zero-order valence-corrected chi connectivity index (χ0v) is 8.36. The molecule has 1 aromatic carbocycles. The molecule has 3 rings (SSSR count). The van der Waals surface area contributed by atoms with Gasteiger partial charge in [0.2, 0.25) is 0 Å². The lowest BCUT2D eigenvalue weighted by Gasteiger charge is -1.92. The van der Waals surface area contributed by atoms with Gasteiger partial charge in [0.1, 0.15) is 0 Å². The molecule has 0 aliphatic carbocycles. The topological polar surface area (TPSA) is 77.8 Å². The van der Waals surface area contributed by atoms with Crippen molar-refractivity contribution in [3.63, 3.8) is 0 Å². The van der Waals surface area contributed by atoms with Crippen LogP contribution in [0.15, 0.2) is 29.0 Å². The van der Waals surface area contributed by atoms with Crippen molar-refractivity contribution in [2.75, 3.05) is 5.73 Å². The summed E-state index contributed by atoms with van der Waals surface area (Å²) in [5.41, 5.74) is 7.38. The number of fused-ring (bicyclic) bond motifs is 1. The monoisotopic (exact) mass is 218 g/mol. The van der Waals surface area contributed by atoms with Crippen LogP contribution in [0.4, 0.5) is 5.13 Å². The number of nitrogens with zero attached hydrogens (tertiary/aromatic N) is 3. The molecule has 0 aliphatic rings. The highest BCUT2D eigenvalue weighted by atomic mass is 32.1. The van der Waals surface area contributed by atoms with Gasteiger partial charge in [-0.25, -0.2) is 4.98 Å². The normalized spacial score (nSPS) is 10.9. The first-order chi connectivity index (χ1) is 7.33. The van der Waals surface area contributed by atoms with Gasteiger partial charge >= 0.3 is 0 Å². The Balaban J connectivity index is 2.21. The lowest BCUT2D eigenvalue weighted by atomic mass is 10.2. The molecule has 0 fully saturated rings. The third-order valence-electron chi connectivity index (χ3n) is 2.01. The predicted octanol–water partition coefficient (Wildman–Crippen LogP) is 1.93. The molecule has 0 bridgehead atoms. The maximum Gasteiger partial charge on any atom is 0.257 e. The van der Waals surface area contributed by atoms with Crippen LogP contribution in [0.1, 0.15) is 0 Å². The Morgan fingerprint density at radius 2 is 2.27 bits per heavy atom. The van der Waals surface area contributed by atoms with Gasteiger partial charge in [-0.1, -0.05) is 16.5 Å². The number of nitrogen functional groups attached to an aromatic ring is 1. The third kappa shape index (κ3) is 1.35. The lowest BCUT2D eigenvalue weighted by molar-refractivity contribution is 0.430. The summed E-state index contributed by atoms with van der Waals surface area (Å²) in [6, 6.07) is 5.72. The van der Waals surface area contributed by atoms with Crippen molar-refractivity contribution in [1.82, 2.24) is 15.1 Å². The van der Waals surface area contributed by atoms with Crippen LogP contribution in [0.5, 0.6) is 0 Å². The van der Waals surface area contributed by atoms with Gasteiger partial charge in [0.05, 0.1) is 10.2 Å². The fraction of sp³-hybridized carbons (Fsp3) is 0. The van der Waals surface area contributed by atoms with Crippen molar-refractivity contribution in [2.45, 2.75) is 0 Å². The standard InChI is InChI=1S/C9H6N4OS/c10-9-13-6-2-1-5(3-7(6)15-9)8-11-4-12-14-8/h1-4H,(H2,10,13). The highest BCUT2D eigenvalue weighted by Gasteiger charge is 2.06. The van der Waals surface area contributed by atoms with E-state index in [-0.39, 0.29) is 0 Å². The molecule has 15 heavy (non-hydrogen) atoms. The highest BCUT2D eigenvalue weighted by Crippen LogP contribution is 2.27. The number of hydrogen-bond acceptors (Lipinski definition) is 6. The third-order valence-corrected chi connectivity index (χ3v) is 2.86. The second-order valence-corrected chi connectivity index (χ2v) is 4.04. The molecule has 0 saturated carbocycles. The molecule has 0 atom stereocenters. The Labute approximate surface area is 88.6 Å². The highest BCUT2D eigenvalue weighted by molar-refractivity contribution is 7.22. The number of nitrogens with two attached hydrogens (primary N) is 1. The van der Waals surface area contributed by atoms with Crippen LogP contribution in [-0.4, -0.2) is 15.1 Å². The van der Waals surface area contributed by atoms with Crippen LogP contribution in [0, 0.1) is 0 Å². The predicted molar refractivity (Wildman–Crippen MR) is 57.3 cm³/mol. The summed E-state index contributed by atoms with van der Waals surface area (Å²) in [7, 11) is 0. The summed E-state index contributed by atoms with van der Waals surface area (Å²) < 4.78 is 5.98. The van der Waals surface area contributed by atoms with Crippen molar-refractivity contribution < 1.29 is 4.52 Å². The Morgan fingerprint density at radius 1 is 1.33 bits per heavy atom. The van der Waals surface area contributed by atoms with Crippen molar-refractivity contribution in [3.8, 4) is 11.5 Å². The van der Waals surface area contributed by atoms with Gasteiger partial charge in [0.25, 0.3) is 5.89 Å². The molecule has 0 unspecified atom stereocenters. The van der Waals surface area contributed by atoms with E-state index in [0.717, 1.165) is 15.8 Å². The van der Waals surface area contributed by atoms with Crippen LogP contribution >= 0.6 is 11.3 Å². The van der Waals surface area contributed by atoms with E-state index >= 15 is 0 Å². The molecule has 0 saturated heterocycles. The molecule has 5 nitrogen and oxygen atoms in total. The van der Waals surface area contributed by atoms with Gasteiger partial charge in [-0.3, -0.25) is 0 Å². The summed E-state index contributed by atoms with van der Waals surface area (Å²) in [4.78, 5) is 8.14. The second kappa shape index (κ2) is 3.03. The fourth-order valence-corrected chi connectivity index (χ4v) is 2.15. The molecule has 2 aromatic heterocycles. The number of aromatic nitrogens is 3. The molecule has 74 valence electrons. The summed E-state index contributed by atoms with van der Waals surface area (Å²) in [6.45, 7) is 0. The van der Waals surface area contributed by atoms with Gasteiger partial charge in [-0.15, -0.1) is 0 Å². The van der Waals surface area contributed by atoms with E-state index in [2.05, 4.69) is 15.1 Å². The molecule has 3 aromatic rings. The van der Waals surface area contributed by atoms with Crippen LogP contribution < -0.4 is 5.73 Å². The van der Waals surface area contributed by atoms with E-state index in [1.54, 1.807) is 0 Å². The molecule has 2 heterocycles.